The van der Waals surface area contributed by atoms with E-state index in [1.54, 1.807) is 6.26 Å². The number of aliphatic hydroxyl groups is 1. The first-order valence-electron chi connectivity index (χ1n) is 8.49. The second-order valence-electron chi connectivity index (χ2n) is 6.55. The standard InChI is InChI=1S/C17H25N3O4/c1-12(2)17-18-16(19-24-17)15-6-3-7-20(15)9-13(21)10-22-11-14-5-4-8-23-14/h4-5,8,12-13,15,21H,3,6-7,9-11H2,1-2H3. The summed E-state index contributed by atoms with van der Waals surface area (Å²) in [6.07, 6.45) is 3.10. The van der Waals surface area contributed by atoms with Crippen LogP contribution in [0.15, 0.2) is 27.3 Å². The van der Waals surface area contributed by atoms with Gasteiger partial charge < -0.3 is 18.8 Å². The predicted molar refractivity (Wildman–Crippen MR) is 86.3 cm³/mol. The number of furan rings is 1. The van der Waals surface area contributed by atoms with E-state index >= 15 is 0 Å². The van der Waals surface area contributed by atoms with E-state index in [1.807, 2.05) is 26.0 Å². The van der Waals surface area contributed by atoms with Gasteiger partial charge >= 0.3 is 0 Å². The van der Waals surface area contributed by atoms with Crippen molar-refractivity contribution in [1.29, 1.82) is 0 Å². The molecule has 2 atom stereocenters. The molecule has 7 heteroatoms. The fourth-order valence-corrected chi connectivity index (χ4v) is 2.97. The SMILES string of the molecule is CC(C)c1nc(C2CCCN2CC(O)COCc2ccco2)no1. The van der Waals surface area contributed by atoms with Crippen molar-refractivity contribution in [3.8, 4) is 0 Å². The molecular weight excluding hydrogens is 310 g/mol. The van der Waals surface area contributed by atoms with Gasteiger partial charge in [-0.3, -0.25) is 4.90 Å². The lowest BCUT2D eigenvalue weighted by Crippen LogP contribution is -2.35. The Morgan fingerprint density at radius 1 is 1.46 bits per heavy atom. The Kier molecular flexibility index (Phi) is 5.65. The highest BCUT2D eigenvalue weighted by atomic mass is 16.5. The Bertz CT molecular complexity index is 611. The number of aliphatic hydroxyl groups excluding tert-OH is 1. The number of β-amino-alcohol motifs (C(OH)–C–C–N with tert-alkyl or cyclic N) is 1. The van der Waals surface area contributed by atoms with Crippen LogP contribution in [0.4, 0.5) is 0 Å². The van der Waals surface area contributed by atoms with Crippen LogP contribution in [0.1, 0.15) is 56.1 Å². The average molecular weight is 335 g/mol. The molecular formula is C17H25N3O4. The highest BCUT2D eigenvalue weighted by molar-refractivity contribution is 5.00. The smallest absolute Gasteiger partial charge is 0.229 e. The van der Waals surface area contributed by atoms with Gasteiger partial charge in [0.25, 0.3) is 0 Å². The van der Waals surface area contributed by atoms with Gasteiger partial charge in [-0.15, -0.1) is 0 Å². The first-order valence-corrected chi connectivity index (χ1v) is 8.49. The van der Waals surface area contributed by atoms with Crippen molar-refractivity contribution in [2.24, 2.45) is 0 Å². The van der Waals surface area contributed by atoms with Gasteiger partial charge in [-0.05, 0) is 31.5 Å². The topological polar surface area (TPSA) is 84.8 Å². The molecule has 1 fully saturated rings. The van der Waals surface area contributed by atoms with E-state index in [2.05, 4.69) is 15.0 Å². The van der Waals surface area contributed by atoms with Crippen molar-refractivity contribution in [3.63, 3.8) is 0 Å². The minimum atomic E-state index is -0.558. The van der Waals surface area contributed by atoms with Gasteiger partial charge in [-0.1, -0.05) is 19.0 Å². The normalized spacial score (nSPS) is 20.1. The van der Waals surface area contributed by atoms with E-state index in [0.717, 1.165) is 31.0 Å². The molecule has 1 N–H and O–H groups in total. The van der Waals surface area contributed by atoms with Gasteiger partial charge in [-0.25, -0.2) is 0 Å². The molecule has 0 aliphatic carbocycles. The third-order valence-corrected chi connectivity index (χ3v) is 4.19. The number of hydrogen-bond acceptors (Lipinski definition) is 7. The molecule has 1 aliphatic heterocycles. The Balaban J connectivity index is 1.49. The van der Waals surface area contributed by atoms with Crippen LogP contribution in [0.3, 0.4) is 0 Å². The number of rotatable bonds is 8. The molecule has 0 bridgehead atoms. The monoisotopic (exact) mass is 335 g/mol. The second-order valence-corrected chi connectivity index (χ2v) is 6.55. The number of likely N-dealkylation sites (tertiary alicyclic amines) is 1. The van der Waals surface area contributed by atoms with Crippen molar-refractivity contribution in [3.05, 3.63) is 35.9 Å². The summed E-state index contributed by atoms with van der Waals surface area (Å²) in [5.74, 6) is 2.37. The van der Waals surface area contributed by atoms with Crippen molar-refractivity contribution < 1.29 is 18.8 Å². The highest BCUT2D eigenvalue weighted by Crippen LogP contribution is 2.30. The maximum absolute atomic E-state index is 10.2. The molecule has 132 valence electrons. The van der Waals surface area contributed by atoms with Crippen LogP contribution < -0.4 is 0 Å². The van der Waals surface area contributed by atoms with Crippen molar-refractivity contribution in [2.45, 2.75) is 51.4 Å². The molecule has 0 aromatic carbocycles. The number of nitrogens with zero attached hydrogens (tertiary/aromatic N) is 3. The Hall–Kier alpha value is -1.70. The molecule has 0 saturated carbocycles. The van der Waals surface area contributed by atoms with Crippen LogP contribution in [-0.4, -0.2) is 45.9 Å². The van der Waals surface area contributed by atoms with Crippen LogP contribution >= 0.6 is 0 Å². The molecule has 1 aliphatic rings. The summed E-state index contributed by atoms with van der Waals surface area (Å²) in [6, 6.07) is 3.78. The Morgan fingerprint density at radius 3 is 3.04 bits per heavy atom. The zero-order valence-corrected chi connectivity index (χ0v) is 14.2. The third-order valence-electron chi connectivity index (χ3n) is 4.19. The van der Waals surface area contributed by atoms with E-state index in [0.29, 0.717) is 19.0 Å². The second kappa shape index (κ2) is 7.92. The van der Waals surface area contributed by atoms with E-state index in [4.69, 9.17) is 13.7 Å². The molecule has 0 radical (unpaired) electrons. The van der Waals surface area contributed by atoms with Crippen LogP contribution in [0, 0.1) is 0 Å². The predicted octanol–water partition coefficient (Wildman–Crippen LogP) is 2.50. The lowest BCUT2D eigenvalue weighted by molar-refractivity contribution is 0.00252. The molecule has 0 spiro atoms. The van der Waals surface area contributed by atoms with Crippen molar-refractivity contribution in [1.82, 2.24) is 15.0 Å². The first kappa shape index (κ1) is 17.1. The summed E-state index contributed by atoms with van der Waals surface area (Å²) in [7, 11) is 0. The van der Waals surface area contributed by atoms with Gasteiger partial charge in [-0.2, -0.15) is 4.98 Å². The lowest BCUT2D eigenvalue weighted by atomic mass is 10.2. The largest absolute Gasteiger partial charge is 0.467 e. The summed E-state index contributed by atoms with van der Waals surface area (Å²) >= 11 is 0. The van der Waals surface area contributed by atoms with Crippen LogP contribution in [0.2, 0.25) is 0 Å². The van der Waals surface area contributed by atoms with Crippen molar-refractivity contribution in [2.75, 3.05) is 19.7 Å². The van der Waals surface area contributed by atoms with Gasteiger partial charge in [0, 0.05) is 12.5 Å². The zero-order valence-electron chi connectivity index (χ0n) is 14.2. The fourth-order valence-electron chi connectivity index (χ4n) is 2.97. The van der Waals surface area contributed by atoms with Crippen LogP contribution in [-0.2, 0) is 11.3 Å². The Labute approximate surface area is 141 Å². The minimum Gasteiger partial charge on any atom is -0.467 e. The average Bonchev–Trinajstić information content (AvgIpc) is 3.28. The highest BCUT2D eigenvalue weighted by Gasteiger charge is 2.31. The maximum atomic E-state index is 10.2. The molecule has 7 nitrogen and oxygen atoms in total. The third kappa shape index (κ3) is 4.23. The summed E-state index contributed by atoms with van der Waals surface area (Å²) in [5, 5.41) is 14.4. The molecule has 2 aromatic rings. The number of aromatic nitrogens is 2. The molecule has 0 amide bonds. The van der Waals surface area contributed by atoms with Crippen molar-refractivity contribution >= 4 is 0 Å². The van der Waals surface area contributed by atoms with E-state index < -0.39 is 6.10 Å². The summed E-state index contributed by atoms with van der Waals surface area (Å²) in [5.41, 5.74) is 0. The fraction of sp³-hybridized carbons (Fsp3) is 0.647. The van der Waals surface area contributed by atoms with Crippen LogP contribution in [0.5, 0.6) is 0 Å². The Morgan fingerprint density at radius 2 is 2.33 bits per heavy atom. The number of ether oxygens (including phenoxy) is 1. The van der Waals surface area contributed by atoms with E-state index in [9.17, 15) is 5.11 Å². The number of hydrogen-bond donors (Lipinski definition) is 1. The molecule has 3 rings (SSSR count). The lowest BCUT2D eigenvalue weighted by Gasteiger charge is -2.24. The maximum Gasteiger partial charge on any atom is 0.229 e. The van der Waals surface area contributed by atoms with E-state index in [1.165, 1.54) is 0 Å². The first-order chi connectivity index (χ1) is 11.6. The molecule has 2 unspecified atom stereocenters. The summed E-state index contributed by atoms with van der Waals surface area (Å²) in [6.45, 7) is 6.16. The molecule has 24 heavy (non-hydrogen) atoms. The van der Waals surface area contributed by atoms with Crippen LogP contribution in [0.25, 0.3) is 0 Å². The molecule has 1 saturated heterocycles. The molecule has 3 heterocycles. The van der Waals surface area contributed by atoms with Gasteiger partial charge in [0.2, 0.25) is 5.89 Å². The quantitative estimate of drug-likeness (QED) is 0.793. The van der Waals surface area contributed by atoms with E-state index in [-0.39, 0.29) is 18.6 Å². The van der Waals surface area contributed by atoms with Gasteiger partial charge in [0.1, 0.15) is 12.4 Å². The zero-order chi connectivity index (χ0) is 16.9. The summed E-state index contributed by atoms with van der Waals surface area (Å²) < 4.78 is 16.0. The molecule has 2 aromatic heterocycles. The summed E-state index contributed by atoms with van der Waals surface area (Å²) in [4.78, 5) is 6.70. The minimum absolute atomic E-state index is 0.112. The van der Waals surface area contributed by atoms with Gasteiger partial charge in [0.05, 0.1) is 25.0 Å². The van der Waals surface area contributed by atoms with Gasteiger partial charge in [0.15, 0.2) is 5.82 Å².